The van der Waals surface area contributed by atoms with Gasteiger partial charge in [-0.15, -0.1) is 0 Å². The smallest absolute Gasteiger partial charge is 0.238 e. The zero-order chi connectivity index (χ0) is 22.9. The third-order valence-electron chi connectivity index (χ3n) is 5.31. The fourth-order valence-corrected chi connectivity index (χ4v) is 4.41. The molecule has 0 saturated carbocycles. The Kier molecular flexibility index (Phi) is 6.10. The van der Waals surface area contributed by atoms with Crippen LogP contribution in [0.25, 0.3) is 0 Å². The molecule has 1 amide bonds. The number of anilines is 1. The summed E-state index contributed by atoms with van der Waals surface area (Å²) in [5.41, 5.74) is 1.45. The van der Waals surface area contributed by atoms with Crippen LogP contribution in [-0.2, 0) is 14.8 Å². The van der Waals surface area contributed by atoms with Crippen LogP contribution in [0.3, 0.4) is 0 Å². The summed E-state index contributed by atoms with van der Waals surface area (Å²) in [5, 5.41) is 5.67. The van der Waals surface area contributed by atoms with Crippen LogP contribution < -0.4 is 19.5 Å². The molecule has 2 N–H and O–H groups in total. The number of carbonyl (C=O) groups is 1. The van der Waals surface area contributed by atoms with Gasteiger partial charge in [-0.1, -0.05) is 29.8 Å². The van der Waals surface area contributed by atoms with Crippen molar-refractivity contribution in [2.24, 2.45) is 5.14 Å². The summed E-state index contributed by atoms with van der Waals surface area (Å²) in [7, 11) is -2.23. The summed E-state index contributed by atoms with van der Waals surface area (Å²) in [6.07, 6.45) is 0.279. The molecule has 3 aromatic carbocycles. The highest BCUT2D eigenvalue weighted by atomic mass is 35.5. The molecule has 7 nitrogen and oxygen atoms in total. The lowest BCUT2D eigenvalue weighted by Crippen LogP contribution is -2.24. The van der Waals surface area contributed by atoms with Gasteiger partial charge in [0.25, 0.3) is 0 Å². The highest BCUT2D eigenvalue weighted by Crippen LogP contribution is 2.41. The molecule has 3 aromatic rings. The Morgan fingerprint density at radius 3 is 2.34 bits per heavy atom. The second-order valence-electron chi connectivity index (χ2n) is 7.38. The predicted octanol–water partition coefficient (Wildman–Crippen LogP) is 4.31. The first-order chi connectivity index (χ1) is 15.3. The van der Waals surface area contributed by atoms with Gasteiger partial charge < -0.3 is 14.4 Å². The number of rotatable bonds is 6. The Bertz CT molecular complexity index is 1260. The first-order valence-corrected chi connectivity index (χ1v) is 11.7. The number of sulfonamides is 1. The fraction of sp³-hybridized carbons (Fsp3) is 0.174. The van der Waals surface area contributed by atoms with Crippen molar-refractivity contribution in [2.75, 3.05) is 18.6 Å². The van der Waals surface area contributed by atoms with Crippen LogP contribution in [0.4, 0.5) is 5.69 Å². The van der Waals surface area contributed by atoms with E-state index >= 15 is 0 Å². The molecule has 0 spiro atoms. The van der Waals surface area contributed by atoms with Gasteiger partial charge in [0.15, 0.2) is 11.5 Å². The number of amides is 1. The zero-order valence-corrected chi connectivity index (χ0v) is 18.8. The van der Waals surface area contributed by atoms with Crippen molar-refractivity contribution in [3.05, 3.63) is 77.3 Å². The van der Waals surface area contributed by atoms with E-state index in [0.717, 1.165) is 5.56 Å². The molecule has 1 heterocycles. The van der Waals surface area contributed by atoms with Crippen LogP contribution in [0.2, 0.25) is 5.02 Å². The predicted molar refractivity (Wildman–Crippen MR) is 122 cm³/mol. The number of methoxy groups -OCH3 is 1. The van der Waals surface area contributed by atoms with Crippen molar-refractivity contribution in [2.45, 2.75) is 17.2 Å². The number of primary sulfonamides is 1. The van der Waals surface area contributed by atoms with Crippen LogP contribution >= 0.6 is 11.6 Å². The monoisotopic (exact) mass is 472 g/mol. The van der Waals surface area contributed by atoms with Crippen LogP contribution in [0, 0.1) is 0 Å². The van der Waals surface area contributed by atoms with Crippen LogP contribution in [0.5, 0.6) is 17.2 Å². The standard InChI is InChI=1S/C23H21ClN2O5S/c1-30-20-4-2-3-5-21(20)31-22-13-16(24)6-11-19(22)15-12-23(27)26(14-15)17-7-9-18(10-8-17)32(25,28)29/h2-11,13,15H,12,14H2,1H3,(H2,25,28,29). The van der Waals surface area contributed by atoms with Crippen LogP contribution in [0.1, 0.15) is 17.9 Å². The van der Waals surface area contributed by atoms with E-state index in [-0.39, 0.29) is 23.1 Å². The van der Waals surface area contributed by atoms with E-state index in [9.17, 15) is 13.2 Å². The van der Waals surface area contributed by atoms with Gasteiger partial charge in [-0.05, 0) is 48.5 Å². The lowest BCUT2D eigenvalue weighted by Gasteiger charge is -2.19. The quantitative estimate of drug-likeness (QED) is 0.576. The minimum atomic E-state index is -3.80. The Labute approximate surface area is 191 Å². The number of ether oxygens (including phenoxy) is 2. The molecule has 1 aliphatic heterocycles. The third kappa shape index (κ3) is 4.57. The Balaban J connectivity index is 1.62. The summed E-state index contributed by atoms with van der Waals surface area (Å²) in [6.45, 7) is 0.414. The van der Waals surface area contributed by atoms with Crippen molar-refractivity contribution in [1.82, 2.24) is 0 Å². The average Bonchev–Trinajstić information content (AvgIpc) is 3.15. The van der Waals surface area contributed by atoms with Gasteiger partial charge in [0.05, 0.1) is 12.0 Å². The van der Waals surface area contributed by atoms with Gasteiger partial charge in [-0.25, -0.2) is 13.6 Å². The SMILES string of the molecule is COc1ccccc1Oc1cc(Cl)ccc1C1CC(=O)N(c2ccc(S(N)(=O)=O)cc2)C1. The molecule has 9 heteroatoms. The van der Waals surface area contributed by atoms with Gasteiger partial charge in [0, 0.05) is 35.2 Å². The van der Waals surface area contributed by atoms with Crippen LogP contribution in [0.15, 0.2) is 71.6 Å². The van der Waals surface area contributed by atoms with Gasteiger partial charge >= 0.3 is 0 Å². The number of halogens is 1. The van der Waals surface area contributed by atoms with Crippen molar-refractivity contribution < 1.29 is 22.7 Å². The Morgan fingerprint density at radius 1 is 1.00 bits per heavy atom. The highest BCUT2D eigenvalue weighted by molar-refractivity contribution is 7.89. The summed E-state index contributed by atoms with van der Waals surface area (Å²) in [5.74, 6) is 1.46. The van der Waals surface area contributed by atoms with Crippen molar-refractivity contribution in [3.63, 3.8) is 0 Å². The molecule has 166 valence electrons. The molecule has 0 bridgehead atoms. The lowest BCUT2D eigenvalue weighted by atomic mass is 9.97. The number of hydrogen-bond acceptors (Lipinski definition) is 5. The summed E-state index contributed by atoms with van der Waals surface area (Å²) >= 11 is 6.22. The largest absolute Gasteiger partial charge is 0.493 e. The Morgan fingerprint density at radius 2 is 1.69 bits per heavy atom. The lowest BCUT2D eigenvalue weighted by molar-refractivity contribution is -0.117. The second kappa shape index (κ2) is 8.82. The summed E-state index contributed by atoms with van der Waals surface area (Å²) in [4.78, 5) is 14.4. The molecule has 1 saturated heterocycles. The maximum Gasteiger partial charge on any atom is 0.238 e. The van der Waals surface area contributed by atoms with E-state index in [1.165, 1.54) is 12.1 Å². The maximum atomic E-state index is 12.8. The van der Waals surface area contributed by atoms with Crippen molar-refractivity contribution in [3.8, 4) is 17.2 Å². The maximum absolute atomic E-state index is 12.8. The van der Waals surface area contributed by atoms with E-state index in [1.807, 2.05) is 18.2 Å². The zero-order valence-electron chi connectivity index (χ0n) is 17.2. The topological polar surface area (TPSA) is 98.9 Å². The molecular formula is C23H21ClN2O5S. The second-order valence-corrected chi connectivity index (χ2v) is 9.38. The molecule has 1 unspecified atom stereocenters. The highest BCUT2D eigenvalue weighted by Gasteiger charge is 2.33. The van der Waals surface area contributed by atoms with Crippen molar-refractivity contribution in [1.29, 1.82) is 0 Å². The number of para-hydroxylation sites is 2. The molecule has 0 radical (unpaired) electrons. The number of nitrogens with two attached hydrogens (primary N) is 1. The van der Waals surface area contributed by atoms with E-state index in [1.54, 1.807) is 48.4 Å². The van der Waals surface area contributed by atoms with Gasteiger partial charge in [-0.2, -0.15) is 0 Å². The normalized spacial score (nSPS) is 16.3. The average molecular weight is 473 g/mol. The first-order valence-electron chi connectivity index (χ1n) is 9.80. The minimum absolute atomic E-state index is 0.00496. The number of hydrogen-bond donors (Lipinski definition) is 1. The minimum Gasteiger partial charge on any atom is -0.493 e. The van der Waals surface area contributed by atoms with E-state index in [4.69, 9.17) is 26.2 Å². The van der Waals surface area contributed by atoms with Crippen LogP contribution in [-0.4, -0.2) is 28.0 Å². The summed E-state index contributed by atoms with van der Waals surface area (Å²) in [6, 6.07) is 18.6. The number of benzene rings is 3. The first kappa shape index (κ1) is 22.1. The van der Waals surface area contributed by atoms with Gasteiger partial charge in [0.1, 0.15) is 5.75 Å². The molecule has 1 fully saturated rings. The fourth-order valence-electron chi connectivity index (χ4n) is 3.74. The van der Waals surface area contributed by atoms with E-state index < -0.39 is 10.0 Å². The van der Waals surface area contributed by atoms with E-state index in [2.05, 4.69) is 0 Å². The molecule has 1 atom stereocenters. The third-order valence-corrected chi connectivity index (χ3v) is 6.47. The molecular weight excluding hydrogens is 452 g/mol. The molecule has 0 aliphatic carbocycles. The molecule has 4 rings (SSSR count). The summed E-state index contributed by atoms with van der Waals surface area (Å²) < 4.78 is 34.5. The Hall–Kier alpha value is -3.07. The van der Waals surface area contributed by atoms with E-state index in [0.29, 0.717) is 34.5 Å². The molecule has 32 heavy (non-hydrogen) atoms. The van der Waals surface area contributed by atoms with Gasteiger partial charge in [0.2, 0.25) is 15.9 Å². The number of nitrogens with zero attached hydrogens (tertiary/aromatic N) is 1. The molecule has 1 aliphatic rings. The molecule has 0 aromatic heterocycles. The van der Waals surface area contributed by atoms with Crippen molar-refractivity contribution >= 4 is 33.2 Å². The number of carbonyl (C=O) groups excluding carboxylic acids is 1. The van der Waals surface area contributed by atoms with Gasteiger partial charge in [-0.3, -0.25) is 4.79 Å².